The summed E-state index contributed by atoms with van der Waals surface area (Å²) in [5.74, 6) is 0. The van der Waals surface area contributed by atoms with Crippen LogP contribution in [-0.2, 0) is 6.61 Å². The third-order valence-electron chi connectivity index (χ3n) is 3.12. The number of benzene rings is 1. The third-order valence-corrected chi connectivity index (χ3v) is 4.47. The predicted octanol–water partition coefficient (Wildman–Crippen LogP) is 4.94. The molecule has 1 heterocycles. The first-order chi connectivity index (χ1) is 10.7. The van der Waals surface area contributed by atoms with Gasteiger partial charge >= 0.3 is 0 Å². The molecule has 0 aliphatic heterocycles. The number of thiazole rings is 1. The molecule has 0 aliphatic carbocycles. The quantitative estimate of drug-likeness (QED) is 0.727. The monoisotopic (exact) mass is 338 g/mol. The van der Waals surface area contributed by atoms with Gasteiger partial charge in [-0.25, -0.2) is 4.98 Å². The molecule has 7 heteroatoms. The van der Waals surface area contributed by atoms with Gasteiger partial charge in [-0.1, -0.05) is 29.9 Å². The fraction of sp³-hybridized carbons (Fsp3) is 0.400. The van der Waals surface area contributed by atoms with Crippen LogP contribution < -0.4 is 4.90 Å². The smallest absolute Gasteiger partial charge is 0.231 e. The van der Waals surface area contributed by atoms with Gasteiger partial charge in [0.15, 0.2) is 0 Å². The van der Waals surface area contributed by atoms with Crippen molar-refractivity contribution in [3.05, 3.63) is 34.3 Å². The van der Waals surface area contributed by atoms with E-state index in [4.69, 9.17) is 16.7 Å². The maximum absolute atomic E-state index is 9.08. The molecule has 2 rings (SSSR count). The summed E-state index contributed by atoms with van der Waals surface area (Å²) in [6, 6.07) is 7.95. The fourth-order valence-electron chi connectivity index (χ4n) is 2.03. The zero-order valence-electron chi connectivity index (χ0n) is 12.7. The van der Waals surface area contributed by atoms with Gasteiger partial charge in [-0.15, -0.1) is 10.2 Å². The van der Waals surface area contributed by atoms with Crippen molar-refractivity contribution >= 4 is 39.4 Å². The minimum absolute atomic E-state index is 0.134. The van der Waals surface area contributed by atoms with Crippen LogP contribution >= 0.6 is 22.9 Å². The van der Waals surface area contributed by atoms with Crippen molar-refractivity contribution in [2.24, 2.45) is 10.2 Å². The molecule has 0 aliphatic rings. The Labute approximate surface area is 139 Å². The third kappa shape index (κ3) is 4.25. The van der Waals surface area contributed by atoms with Crippen molar-refractivity contribution in [2.75, 3.05) is 18.0 Å². The van der Waals surface area contributed by atoms with Crippen LogP contribution in [0.1, 0.15) is 25.1 Å². The maximum Gasteiger partial charge on any atom is 0.231 e. The van der Waals surface area contributed by atoms with Gasteiger partial charge in [-0.05, 0) is 37.6 Å². The van der Waals surface area contributed by atoms with Crippen LogP contribution in [0.5, 0.6) is 0 Å². The molecule has 0 saturated carbocycles. The van der Waals surface area contributed by atoms with Crippen LogP contribution in [0.4, 0.5) is 16.5 Å². The average molecular weight is 339 g/mol. The molecule has 5 nitrogen and oxygen atoms in total. The molecule has 118 valence electrons. The van der Waals surface area contributed by atoms with E-state index in [0.717, 1.165) is 25.2 Å². The summed E-state index contributed by atoms with van der Waals surface area (Å²) in [6.07, 6.45) is 1.12. The van der Waals surface area contributed by atoms with Gasteiger partial charge in [0.2, 0.25) is 5.13 Å². The van der Waals surface area contributed by atoms with E-state index in [2.05, 4.69) is 34.0 Å². The topological polar surface area (TPSA) is 61.1 Å². The number of halogens is 1. The number of aromatic nitrogens is 1. The van der Waals surface area contributed by atoms with Gasteiger partial charge in [-0.3, -0.25) is 0 Å². The molecular weight excluding hydrogens is 320 g/mol. The largest absolute Gasteiger partial charge is 0.391 e. The van der Waals surface area contributed by atoms with E-state index in [0.29, 0.717) is 10.0 Å². The zero-order valence-corrected chi connectivity index (χ0v) is 14.2. The van der Waals surface area contributed by atoms with Gasteiger partial charge in [0, 0.05) is 18.8 Å². The number of azo groups is 1. The SMILES string of the molecule is CCCN(CC)c1ccc(N=Nc2nc(Cl)c(CO)s2)cc1. The van der Waals surface area contributed by atoms with E-state index < -0.39 is 0 Å². The summed E-state index contributed by atoms with van der Waals surface area (Å²) in [5, 5.41) is 18.0. The Balaban J connectivity index is 2.08. The van der Waals surface area contributed by atoms with Crippen molar-refractivity contribution < 1.29 is 5.11 Å². The summed E-state index contributed by atoms with van der Waals surface area (Å²) in [5.41, 5.74) is 1.94. The summed E-state index contributed by atoms with van der Waals surface area (Å²) in [7, 11) is 0. The first kappa shape index (κ1) is 16.9. The molecule has 22 heavy (non-hydrogen) atoms. The van der Waals surface area contributed by atoms with Gasteiger partial charge in [0.25, 0.3) is 0 Å². The fourth-order valence-corrected chi connectivity index (χ4v) is 2.97. The van der Waals surface area contributed by atoms with Crippen LogP contribution in [0.25, 0.3) is 0 Å². The Bertz CT molecular complexity index is 627. The molecule has 0 unspecified atom stereocenters. The van der Waals surface area contributed by atoms with Crippen molar-refractivity contribution in [3.63, 3.8) is 0 Å². The minimum Gasteiger partial charge on any atom is -0.391 e. The standard InChI is InChI=1S/C15H19ClN4OS/c1-3-9-20(4-2)12-7-5-11(6-8-12)18-19-15-17-14(16)13(10-21)22-15/h5-8,21H,3-4,9-10H2,1-2H3. The van der Waals surface area contributed by atoms with Crippen molar-refractivity contribution in [1.82, 2.24) is 4.98 Å². The van der Waals surface area contributed by atoms with Crippen LogP contribution in [0.15, 0.2) is 34.5 Å². The van der Waals surface area contributed by atoms with Crippen molar-refractivity contribution in [2.45, 2.75) is 26.9 Å². The summed E-state index contributed by atoms with van der Waals surface area (Å²) in [4.78, 5) is 6.95. The highest BCUT2D eigenvalue weighted by Crippen LogP contribution is 2.30. The molecule has 0 saturated heterocycles. The van der Waals surface area contributed by atoms with E-state index in [1.165, 1.54) is 17.0 Å². The van der Waals surface area contributed by atoms with Crippen LogP contribution in [0, 0.1) is 0 Å². The van der Waals surface area contributed by atoms with Gasteiger partial charge in [0.05, 0.1) is 17.2 Å². The second-order valence-electron chi connectivity index (χ2n) is 4.66. The zero-order chi connectivity index (χ0) is 15.9. The lowest BCUT2D eigenvalue weighted by Gasteiger charge is -2.22. The van der Waals surface area contributed by atoms with Crippen LogP contribution in [-0.4, -0.2) is 23.2 Å². The van der Waals surface area contributed by atoms with E-state index >= 15 is 0 Å². The molecular formula is C15H19ClN4OS. The first-order valence-corrected chi connectivity index (χ1v) is 8.40. The number of aliphatic hydroxyl groups is 1. The lowest BCUT2D eigenvalue weighted by Crippen LogP contribution is -2.23. The average Bonchev–Trinajstić information content (AvgIpc) is 2.91. The highest BCUT2D eigenvalue weighted by molar-refractivity contribution is 7.15. The highest BCUT2D eigenvalue weighted by Gasteiger charge is 2.07. The second-order valence-corrected chi connectivity index (χ2v) is 6.08. The van der Waals surface area contributed by atoms with Crippen LogP contribution in [0.2, 0.25) is 5.15 Å². The van der Waals surface area contributed by atoms with Crippen molar-refractivity contribution in [1.29, 1.82) is 0 Å². The molecule has 0 radical (unpaired) electrons. The lowest BCUT2D eigenvalue weighted by molar-refractivity contribution is 0.285. The number of rotatable bonds is 7. The highest BCUT2D eigenvalue weighted by atomic mass is 35.5. The number of hydrogen-bond acceptors (Lipinski definition) is 6. The summed E-state index contributed by atoms with van der Waals surface area (Å²) >= 11 is 7.10. The molecule has 1 N–H and O–H groups in total. The lowest BCUT2D eigenvalue weighted by atomic mass is 10.2. The summed E-state index contributed by atoms with van der Waals surface area (Å²) < 4.78 is 0. The van der Waals surface area contributed by atoms with E-state index in [1.807, 2.05) is 24.3 Å². The summed E-state index contributed by atoms with van der Waals surface area (Å²) in [6.45, 7) is 6.21. The number of nitrogens with zero attached hydrogens (tertiary/aromatic N) is 4. The van der Waals surface area contributed by atoms with E-state index in [-0.39, 0.29) is 11.8 Å². The Kier molecular flexibility index (Phi) is 6.30. The Morgan fingerprint density at radius 3 is 2.50 bits per heavy atom. The molecule has 2 aromatic rings. The molecule has 1 aromatic carbocycles. The van der Waals surface area contributed by atoms with Gasteiger partial charge in [-0.2, -0.15) is 0 Å². The number of anilines is 1. The van der Waals surface area contributed by atoms with Gasteiger partial charge in [0.1, 0.15) is 5.15 Å². The Morgan fingerprint density at radius 2 is 1.95 bits per heavy atom. The molecule has 0 amide bonds. The maximum atomic E-state index is 9.08. The van der Waals surface area contributed by atoms with Gasteiger partial charge < -0.3 is 10.0 Å². The Morgan fingerprint density at radius 1 is 1.23 bits per heavy atom. The van der Waals surface area contributed by atoms with E-state index in [9.17, 15) is 0 Å². The Hall–Kier alpha value is -1.50. The van der Waals surface area contributed by atoms with E-state index in [1.54, 1.807) is 0 Å². The second kappa shape index (κ2) is 8.22. The molecule has 0 fully saturated rings. The molecule has 0 bridgehead atoms. The number of hydrogen-bond donors (Lipinski definition) is 1. The number of aliphatic hydroxyl groups excluding tert-OH is 1. The predicted molar refractivity (Wildman–Crippen MR) is 91.8 cm³/mol. The van der Waals surface area contributed by atoms with Crippen molar-refractivity contribution in [3.8, 4) is 0 Å². The normalized spacial score (nSPS) is 11.3. The van der Waals surface area contributed by atoms with Crippen LogP contribution in [0.3, 0.4) is 0 Å². The first-order valence-electron chi connectivity index (χ1n) is 7.20. The molecule has 0 atom stereocenters. The molecule has 0 spiro atoms. The minimum atomic E-state index is -0.134. The molecule has 1 aromatic heterocycles.